The first-order valence-electron chi connectivity index (χ1n) is 5.42. The molecule has 0 bridgehead atoms. The molecule has 98 valence electrons. The molecule has 1 aromatic heterocycles. The number of nitrogens with zero attached hydrogens (tertiary/aromatic N) is 2. The highest BCUT2D eigenvalue weighted by Gasteiger charge is 2.12. The summed E-state index contributed by atoms with van der Waals surface area (Å²) in [5, 5.41) is 13.6. The topological polar surface area (TPSA) is 103 Å². The SMILES string of the molecule is COc1ccc(Nc2ccc([N+](=O)[O-])c(N)n2)cc1. The van der Waals surface area contributed by atoms with Crippen molar-refractivity contribution in [2.24, 2.45) is 0 Å². The van der Waals surface area contributed by atoms with E-state index in [-0.39, 0.29) is 11.5 Å². The number of nitrogen functional groups attached to an aromatic ring is 1. The zero-order chi connectivity index (χ0) is 13.8. The fourth-order valence-corrected chi connectivity index (χ4v) is 1.51. The molecule has 1 heterocycles. The lowest BCUT2D eigenvalue weighted by Crippen LogP contribution is -2.01. The Bertz CT molecular complexity index is 598. The van der Waals surface area contributed by atoms with Gasteiger partial charge in [-0.05, 0) is 30.3 Å². The molecule has 0 aliphatic rings. The van der Waals surface area contributed by atoms with Crippen molar-refractivity contribution in [1.29, 1.82) is 0 Å². The summed E-state index contributed by atoms with van der Waals surface area (Å²) < 4.78 is 5.04. The predicted octanol–water partition coefficient (Wildman–Crippen LogP) is 2.32. The van der Waals surface area contributed by atoms with Gasteiger partial charge in [-0.15, -0.1) is 0 Å². The van der Waals surface area contributed by atoms with Gasteiger partial charge in [0, 0.05) is 11.8 Å². The first kappa shape index (κ1) is 12.6. The Kier molecular flexibility index (Phi) is 3.46. The second kappa shape index (κ2) is 5.21. The van der Waals surface area contributed by atoms with Gasteiger partial charge >= 0.3 is 5.69 Å². The number of methoxy groups -OCH3 is 1. The monoisotopic (exact) mass is 260 g/mol. The molecule has 0 saturated carbocycles. The van der Waals surface area contributed by atoms with Gasteiger partial charge in [0.2, 0.25) is 5.82 Å². The molecule has 2 aromatic rings. The predicted molar refractivity (Wildman–Crippen MR) is 71.6 cm³/mol. The number of pyridine rings is 1. The van der Waals surface area contributed by atoms with Gasteiger partial charge in [-0.3, -0.25) is 10.1 Å². The maximum absolute atomic E-state index is 10.6. The van der Waals surface area contributed by atoms with Crippen LogP contribution in [0.1, 0.15) is 0 Å². The Morgan fingerprint density at radius 3 is 2.47 bits per heavy atom. The number of rotatable bonds is 4. The van der Waals surface area contributed by atoms with Gasteiger partial charge in [0.15, 0.2) is 0 Å². The molecule has 0 aliphatic heterocycles. The lowest BCUT2D eigenvalue weighted by Gasteiger charge is -2.07. The van der Waals surface area contributed by atoms with E-state index in [1.54, 1.807) is 31.4 Å². The van der Waals surface area contributed by atoms with Crippen LogP contribution in [0.4, 0.5) is 23.0 Å². The van der Waals surface area contributed by atoms with Gasteiger partial charge in [0.1, 0.15) is 11.6 Å². The highest BCUT2D eigenvalue weighted by Crippen LogP contribution is 2.23. The van der Waals surface area contributed by atoms with Crippen LogP contribution in [0.15, 0.2) is 36.4 Å². The van der Waals surface area contributed by atoms with Gasteiger partial charge in [0.25, 0.3) is 0 Å². The van der Waals surface area contributed by atoms with Crippen LogP contribution in [-0.4, -0.2) is 17.0 Å². The molecule has 7 heteroatoms. The van der Waals surface area contributed by atoms with E-state index in [1.807, 2.05) is 0 Å². The lowest BCUT2D eigenvalue weighted by atomic mass is 10.3. The van der Waals surface area contributed by atoms with Crippen LogP contribution < -0.4 is 15.8 Å². The third-order valence-electron chi connectivity index (χ3n) is 2.46. The Morgan fingerprint density at radius 1 is 1.26 bits per heavy atom. The number of aromatic nitrogens is 1. The molecule has 0 spiro atoms. The summed E-state index contributed by atoms with van der Waals surface area (Å²) in [6.07, 6.45) is 0. The van der Waals surface area contributed by atoms with Crippen molar-refractivity contribution in [3.8, 4) is 5.75 Å². The third-order valence-corrected chi connectivity index (χ3v) is 2.46. The molecule has 0 fully saturated rings. The van der Waals surface area contributed by atoms with Crippen molar-refractivity contribution in [3.63, 3.8) is 0 Å². The minimum Gasteiger partial charge on any atom is -0.497 e. The summed E-state index contributed by atoms with van der Waals surface area (Å²) in [4.78, 5) is 14.0. The highest BCUT2D eigenvalue weighted by molar-refractivity contribution is 5.62. The Morgan fingerprint density at radius 2 is 1.95 bits per heavy atom. The molecule has 0 aliphatic carbocycles. The number of nitrogens with two attached hydrogens (primary N) is 1. The molecule has 1 aromatic carbocycles. The zero-order valence-corrected chi connectivity index (χ0v) is 10.2. The second-order valence-electron chi connectivity index (χ2n) is 3.71. The number of hydrogen-bond acceptors (Lipinski definition) is 6. The minimum atomic E-state index is -0.570. The molecule has 0 radical (unpaired) electrons. The van der Waals surface area contributed by atoms with E-state index >= 15 is 0 Å². The summed E-state index contributed by atoms with van der Waals surface area (Å²) in [6, 6.07) is 10.00. The van der Waals surface area contributed by atoms with Crippen molar-refractivity contribution in [2.45, 2.75) is 0 Å². The first-order chi connectivity index (χ1) is 9.10. The summed E-state index contributed by atoms with van der Waals surface area (Å²) in [5.74, 6) is 1.05. The fourth-order valence-electron chi connectivity index (χ4n) is 1.51. The smallest absolute Gasteiger partial charge is 0.311 e. The fraction of sp³-hybridized carbons (Fsp3) is 0.0833. The molecule has 0 saturated heterocycles. The average Bonchev–Trinajstić information content (AvgIpc) is 2.39. The van der Waals surface area contributed by atoms with Crippen LogP contribution in [0.5, 0.6) is 5.75 Å². The summed E-state index contributed by atoms with van der Waals surface area (Å²) in [6.45, 7) is 0. The van der Waals surface area contributed by atoms with Crippen LogP contribution in [0, 0.1) is 10.1 Å². The van der Waals surface area contributed by atoms with E-state index in [4.69, 9.17) is 10.5 Å². The number of nitrogens with one attached hydrogen (secondary N) is 1. The summed E-state index contributed by atoms with van der Waals surface area (Å²) >= 11 is 0. The Labute approximate surface area is 109 Å². The molecule has 7 nitrogen and oxygen atoms in total. The van der Waals surface area contributed by atoms with Crippen LogP contribution in [0.2, 0.25) is 0 Å². The van der Waals surface area contributed by atoms with Crippen molar-refractivity contribution in [1.82, 2.24) is 4.98 Å². The number of ether oxygens (including phenoxy) is 1. The molecule has 0 amide bonds. The van der Waals surface area contributed by atoms with Crippen molar-refractivity contribution in [3.05, 3.63) is 46.5 Å². The molecule has 19 heavy (non-hydrogen) atoms. The van der Waals surface area contributed by atoms with E-state index < -0.39 is 4.92 Å². The molecular weight excluding hydrogens is 248 g/mol. The largest absolute Gasteiger partial charge is 0.497 e. The van der Waals surface area contributed by atoms with Gasteiger partial charge in [-0.25, -0.2) is 4.98 Å². The van der Waals surface area contributed by atoms with Crippen LogP contribution in [-0.2, 0) is 0 Å². The minimum absolute atomic E-state index is 0.122. The van der Waals surface area contributed by atoms with E-state index in [1.165, 1.54) is 12.1 Å². The first-order valence-corrected chi connectivity index (χ1v) is 5.42. The van der Waals surface area contributed by atoms with E-state index in [2.05, 4.69) is 10.3 Å². The van der Waals surface area contributed by atoms with Crippen molar-refractivity contribution < 1.29 is 9.66 Å². The molecular formula is C12H12N4O3. The van der Waals surface area contributed by atoms with Gasteiger partial charge in [-0.2, -0.15) is 0 Å². The lowest BCUT2D eigenvalue weighted by molar-refractivity contribution is -0.384. The van der Waals surface area contributed by atoms with Gasteiger partial charge < -0.3 is 15.8 Å². The second-order valence-corrected chi connectivity index (χ2v) is 3.71. The van der Waals surface area contributed by atoms with Crippen LogP contribution in [0.25, 0.3) is 0 Å². The summed E-state index contributed by atoms with van der Waals surface area (Å²) in [7, 11) is 1.58. The Balaban J connectivity index is 2.18. The normalized spacial score (nSPS) is 9.95. The maximum Gasteiger partial charge on any atom is 0.311 e. The van der Waals surface area contributed by atoms with E-state index in [0.29, 0.717) is 5.82 Å². The molecule has 0 atom stereocenters. The summed E-state index contributed by atoms with van der Waals surface area (Å²) in [5.41, 5.74) is 6.08. The zero-order valence-electron chi connectivity index (χ0n) is 10.2. The number of hydrogen-bond donors (Lipinski definition) is 2. The number of nitro groups is 1. The van der Waals surface area contributed by atoms with Crippen LogP contribution >= 0.6 is 0 Å². The standard InChI is InChI=1S/C12H12N4O3/c1-19-9-4-2-8(3-5-9)14-11-7-6-10(16(17)18)12(13)15-11/h2-7H,1H3,(H3,13,14,15). The number of benzene rings is 1. The third kappa shape index (κ3) is 2.89. The molecule has 0 unspecified atom stereocenters. The van der Waals surface area contributed by atoms with Crippen LogP contribution in [0.3, 0.4) is 0 Å². The van der Waals surface area contributed by atoms with Gasteiger partial charge in [-0.1, -0.05) is 0 Å². The maximum atomic E-state index is 10.6. The quantitative estimate of drug-likeness (QED) is 0.645. The molecule has 2 rings (SSSR count). The number of anilines is 3. The van der Waals surface area contributed by atoms with Crippen molar-refractivity contribution >= 4 is 23.0 Å². The van der Waals surface area contributed by atoms with E-state index in [9.17, 15) is 10.1 Å². The Hall–Kier alpha value is -2.83. The average molecular weight is 260 g/mol. The van der Waals surface area contributed by atoms with E-state index in [0.717, 1.165) is 11.4 Å². The van der Waals surface area contributed by atoms with Crippen molar-refractivity contribution in [2.75, 3.05) is 18.2 Å². The van der Waals surface area contributed by atoms with Gasteiger partial charge in [0.05, 0.1) is 12.0 Å². The molecule has 3 N–H and O–H groups in total. The highest BCUT2D eigenvalue weighted by atomic mass is 16.6.